The minimum absolute atomic E-state index is 0.0469. The number of esters is 6. The van der Waals surface area contributed by atoms with Crippen LogP contribution in [0.3, 0.4) is 0 Å². The number of carbonyl (C=O) groups excluding carboxylic acids is 6. The third-order valence-electron chi connectivity index (χ3n) is 45.8. The molecule has 0 aromatic carbocycles. The fourth-order valence-corrected chi connectivity index (χ4v) is 45.0. The quantitative estimate of drug-likeness (QED) is 0.0508. The second-order valence-corrected chi connectivity index (χ2v) is 60.2. The number of halogens is 6. The molecule has 0 heterocycles. The Balaban J connectivity index is 0.000000113. The van der Waals surface area contributed by atoms with Gasteiger partial charge in [0.1, 0.15) is 36.6 Å². The van der Waals surface area contributed by atoms with Crippen LogP contribution in [-0.4, -0.2) is 236 Å². The van der Waals surface area contributed by atoms with Gasteiger partial charge in [-0.1, -0.05) is 220 Å². The number of alkyl halides is 6. The predicted molar refractivity (Wildman–Crippen MR) is 589 cm³/mol. The van der Waals surface area contributed by atoms with E-state index >= 15 is 0 Å². The van der Waals surface area contributed by atoms with E-state index in [9.17, 15) is 90.0 Å². The van der Waals surface area contributed by atoms with Gasteiger partial charge < -0.3 is 89.7 Å². The SMILES string of the molecule is CC(=O)O[C@H]1[C@H](Br)CC2C3C(CC[C@@H]21)[C@@]1(C)C=C[C@H](O)C=C1C[C@@H]3O.CC(=O)O[C@H]1[C@H](Br)CC2C3C(CC[C@@H]21)[C@@]1(C)C=C[C@H](O)CC1=C[C@@H]3O.CC(=O)O[C@H]1[C@H](Br)CC2C3C(CC[C@@H]21)[C@@]1(C)C=C[C@H](O)CC1C[C@@H]3O.CC(=O)O[C@H]1[C@H](Br)CC2C3C(CC[C@@H]21)[C@@]1(C)CC[C@H](O)C=C1C[C@@H]3O.CC(=O)O[C@H]1[C@H](Br)CC2C3C(CC[C@@H]21)[C@@]1(C)CC[C@H](O)CC1=C[C@@H]3O.CC(=O)O[C@H]1[C@H](Br)CC2C3C(CC[C@@H]21)[C@@]1(C)CC[C@H](O)CC1C[C@@H]3O. The lowest BCUT2D eigenvalue weighted by atomic mass is 9.46. The van der Waals surface area contributed by atoms with Crippen LogP contribution in [0.1, 0.15) is 289 Å². The molecule has 0 aromatic rings. The molecular weight excluding hydrogens is 2300 g/mol. The van der Waals surface area contributed by atoms with Crippen molar-refractivity contribution in [2.45, 2.75) is 427 Å². The zero-order valence-electron chi connectivity index (χ0n) is 89.8. The smallest absolute Gasteiger partial charge is 0.302 e. The number of carbonyl (C=O) groups is 6. The summed E-state index contributed by atoms with van der Waals surface area (Å²) >= 11 is 22.5. The maximum atomic E-state index is 11.5. The Bertz CT molecular complexity index is 5070. The second kappa shape index (κ2) is 45.3. The first-order chi connectivity index (χ1) is 70.9. The molecule has 24 aliphatic carbocycles. The van der Waals surface area contributed by atoms with Crippen molar-refractivity contribution >= 4 is 131 Å². The predicted octanol–water partition coefficient (Wildman–Crippen LogP) is 18.7. The fraction of sp³-hybridized carbons (Fsp3) is 0.833. The highest BCUT2D eigenvalue weighted by molar-refractivity contribution is 9.10. The summed E-state index contributed by atoms with van der Waals surface area (Å²) < 4.78 is 33.8. The van der Waals surface area contributed by atoms with Crippen molar-refractivity contribution < 1.29 is 118 Å². The number of rotatable bonds is 6. The first-order valence-corrected chi connectivity index (χ1v) is 63.3. The Labute approximate surface area is 939 Å². The molecule has 0 radical (unpaired) electrons. The molecule has 24 aliphatic rings. The van der Waals surface area contributed by atoms with Crippen molar-refractivity contribution in [1.29, 1.82) is 0 Å². The summed E-state index contributed by atoms with van der Waals surface area (Å²) in [5, 5.41) is 126. The average Bonchev–Trinajstić information content (AvgIpc) is 1.42. The van der Waals surface area contributed by atoms with Crippen molar-refractivity contribution in [3.8, 4) is 0 Å². The molecule has 24 nitrogen and oxygen atoms in total. The van der Waals surface area contributed by atoms with Crippen molar-refractivity contribution in [3.63, 3.8) is 0 Å². The van der Waals surface area contributed by atoms with Crippen LogP contribution in [0, 0.1) is 186 Å². The minimum Gasteiger partial charge on any atom is -0.461 e. The molecule has 0 aliphatic heterocycles. The standard InChI is InChI=1S/C20H31BrO4.3C20H29BrO4.2C20H27BrO4/c6*1-10(22)25-19-13-3-4-15-18(14(13)9-16(19)21)17(24)8-11-7-12(23)5-6-20(11,15)2/h11-19,23-24H,3-9H2,1-2H3;8,12-19,23-24H,3-7,9H2,1-2H3;7,12-19,23-24H,3-6,8-9H2,1-2H3;5-6,11-19,23-24H,3-4,7-9H2,1-2H3;5-6,8,12-19,23-24H,3-4,7,9H2,1-2H3;5-7,12-19,23-24H,3-4,8-9H2,1-2H3/t11?,12-,13-,14?,15?,16+,17-,18?,19+,20-;2*12-,13-,14?,15?,16+,17-,18?,19+,20-;11?,12-,13-,14?,15?,16+,17-,18?,19+,20-;2*12-,13-,14?,15?,16+,17-,18?,19+,20-/m000000/s1. The molecule has 30 heteroatoms. The summed E-state index contributed by atoms with van der Waals surface area (Å²) in [5.74, 6) is 8.14. The lowest BCUT2D eigenvalue weighted by molar-refractivity contribution is -0.166. The van der Waals surface area contributed by atoms with E-state index in [1.54, 1.807) is 0 Å². The molecule has 56 atom stereocenters. The Hall–Kier alpha value is -2.60. The second-order valence-electron chi connectivity index (χ2n) is 53.1. The highest BCUT2D eigenvalue weighted by atomic mass is 79.9. The molecule has 838 valence electrons. The number of aliphatic hydroxyl groups is 12. The van der Waals surface area contributed by atoms with E-state index in [1.165, 1.54) is 63.8 Å². The third kappa shape index (κ3) is 21.5. The molecule has 0 aromatic heterocycles. The lowest BCUT2D eigenvalue weighted by Crippen LogP contribution is -2.57. The van der Waals surface area contributed by atoms with Gasteiger partial charge in [0.05, 0.1) is 102 Å². The van der Waals surface area contributed by atoms with Crippen LogP contribution in [0.15, 0.2) is 83.1 Å². The Morgan fingerprint density at radius 3 is 1.05 bits per heavy atom. The average molecular weight is 2480 g/mol. The van der Waals surface area contributed by atoms with E-state index in [0.717, 1.165) is 180 Å². The molecule has 18 saturated carbocycles. The molecule has 0 amide bonds. The van der Waals surface area contributed by atoms with Gasteiger partial charge in [0.2, 0.25) is 0 Å². The van der Waals surface area contributed by atoms with Crippen LogP contribution in [0.2, 0.25) is 0 Å². The highest BCUT2D eigenvalue weighted by Gasteiger charge is 2.69. The fourth-order valence-electron chi connectivity index (χ4n) is 39.4. The summed E-state index contributed by atoms with van der Waals surface area (Å²) in [7, 11) is 0. The van der Waals surface area contributed by atoms with Crippen LogP contribution >= 0.6 is 95.6 Å². The van der Waals surface area contributed by atoms with Gasteiger partial charge in [0.25, 0.3) is 0 Å². The summed E-state index contributed by atoms with van der Waals surface area (Å²) in [6.07, 6.45) is 45.5. The van der Waals surface area contributed by atoms with Gasteiger partial charge in [-0.15, -0.1) is 0 Å². The largest absolute Gasteiger partial charge is 0.461 e. The summed E-state index contributed by atoms with van der Waals surface area (Å²) in [5.41, 5.74) is 5.27. The number of hydrogen-bond acceptors (Lipinski definition) is 24. The Morgan fingerprint density at radius 1 is 0.273 bits per heavy atom. The summed E-state index contributed by atoms with van der Waals surface area (Å²) in [6, 6.07) is 0. The lowest BCUT2D eigenvalue weighted by Gasteiger charge is -2.60. The first-order valence-electron chi connectivity index (χ1n) is 57.8. The van der Waals surface area contributed by atoms with Crippen LogP contribution in [0.4, 0.5) is 0 Å². The van der Waals surface area contributed by atoms with Crippen LogP contribution in [-0.2, 0) is 57.2 Å². The van der Waals surface area contributed by atoms with Gasteiger partial charge in [-0.3, -0.25) is 28.8 Å². The number of aliphatic hydroxyl groups excluding tert-OH is 12. The Morgan fingerprint density at radius 2 is 0.600 bits per heavy atom. The molecule has 20 unspecified atom stereocenters. The van der Waals surface area contributed by atoms with E-state index in [4.69, 9.17) is 28.4 Å². The topological polar surface area (TPSA) is 401 Å². The van der Waals surface area contributed by atoms with Gasteiger partial charge in [0.15, 0.2) is 0 Å². The molecule has 0 bridgehead atoms. The van der Waals surface area contributed by atoms with E-state index in [1.807, 2.05) is 42.5 Å². The zero-order chi connectivity index (χ0) is 108. The number of allylic oxidation sites excluding steroid dienone is 3. The molecule has 18 fully saturated rings. The minimum atomic E-state index is -0.532. The maximum absolute atomic E-state index is 11.5. The highest BCUT2D eigenvalue weighted by Crippen LogP contribution is 2.71. The van der Waals surface area contributed by atoms with E-state index < -0.39 is 24.4 Å². The van der Waals surface area contributed by atoms with Gasteiger partial charge in [-0.25, -0.2) is 0 Å². The maximum Gasteiger partial charge on any atom is 0.302 e. The van der Waals surface area contributed by atoms with Gasteiger partial charge >= 0.3 is 35.8 Å². The molecule has 12 N–H and O–H groups in total. The molecule has 0 saturated heterocycles. The summed E-state index contributed by atoms with van der Waals surface area (Å²) in [6.45, 7) is 22.8. The van der Waals surface area contributed by atoms with Gasteiger partial charge in [0, 0.05) is 87.9 Å². The van der Waals surface area contributed by atoms with Crippen molar-refractivity contribution in [3.05, 3.63) is 83.1 Å². The molecular formula is C120H172Br6O24. The number of fused-ring (bicyclic) bond motifs is 30. The van der Waals surface area contributed by atoms with E-state index in [-0.39, 0.29) is 212 Å². The van der Waals surface area contributed by atoms with Crippen LogP contribution < -0.4 is 0 Å². The number of hydrogen-bond donors (Lipinski definition) is 12. The summed E-state index contributed by atoms with van der Waals surface area (Å²) in [4.78, 5) is 70.2. The van der Waals surface area contributed by atoms with Crippen LogP contribution in [0.25, 0.3) is 0 Å². The van der Waals surface area contributed by atoms with Gasteiger partial charge in [-0.2, -0.15) is 0 Å². The van der Waals surface area contributed by atoms with Crippen molar-refractivity contribution in [1.82, 2.24) is 0 Å². The van der Waals surface area contributed by atoms with Crippen molar-refractivity contribution in [2.75, 3.05) is 0 Å². The van der Waals surface area contributed by atoms with Crippen LogP contribution in [0.5, 0.6) is 0 Å². The normalized spacial score (nSPS) is 52.5. The first kappa shape index (κ1) is 115. The van der Waals surface area contributed by atoms with E-state index in [2.05, 4.69) is 155 Å². The zero-order valence-corrected chi connectivity index (χ0v) is 99.3. The van der Waals surface area contributed by atoms with Crippen molar-refractivity contribution in [2.24, 2.45) is 186 Å². The number of ether oxygens (including phenoxy) is 6. The Kier molecular flexibility index (Phi) is 34.9. The monoisotopic (exact) mass is 2470 g/mol. The molecule has 0 spiro atoms. The third-order valence-corrected chi connectivity index (χ3v) is 51.1. The van der Waals surface area contributed by atoms with E-state index in [0.29, 0.717) is 150 Å². The molecule has 24 rings (SSSR count). The molecule has 150 heavy (non-hydrogen) atoms. The van der Waals surface area contributed by atoms with Gasteiger partial charge in [-0.05, 0) is 345 Å².